The van der Waals surface area contributed by atoms with Crippen LogP contribution in [0.1, 0.15) is 40.3 Å². The van der Waals surface area contributed by atoms with Gasteiger partial charge >= 0.3 is 0 Å². The second-order valence-corrected chi connectivity index (χ2v) is 13.0. The zero-order valence-electron chi connectivity index (χ0n) is 29.6. The zero-order valence-corrected chi connectivity index (χ0v) is 29.6. The lowest BCUT2D eigenvalue weighted by molar-refractivity contribution is 0.765. The maximum absolute atomic E-state index is 9.43. The summed E-state index contributed by atoms with van der Waals surface area (Å²) in [6.45, 7) is 5.93. The normalized spacial score (nSPS) is 16.5. The Morgan fingerprint density at radius 2 is 1.53 bits per heavy atom. The molecule has 0 saturated carbocycles. The quantitative estimate of drug-likeness (QED) is 0.0625. The van der Waals surface area contributed by atoms with Crippen LogP contribution >= 0.6 is 0 Å². The van der Waals surface area contributed by atoms with Crippen molar-refractivity contribution >= 4 is 11.9 Å². The summed E-state index contributed by atoms with van der Waals surface area (Å²) in [4.78, 5) is 0. The number of rotatable bonds is 11. The third-order valence-electron chi connectivity index (χ3n) is 9.74. The lowest BCUT2D eigenvalue weighted by atomic mass is 9.67. The van der Waals surface area contributed by atoms with E-state index in [0.717, 1.165) is 28.6 Å². The van der Waals surface area contributed by atoms with Crippen molar-refractivity contribution in [3.63, 3.8) is 0 Å². The fraction of sp³-hybridized carbons (Fsp3) is 0.0851. The van der Waals surface area contributed by atoms with Crippen LogP contribution in [0.3, 0.4) is 0 Å². The molecule has 1 heterocycles. The molecule has 2 aliphatic rings. The lowest BCUT2D eigenvalue weighted by Crippen LogP contribution is -2.30. The van der Waals surface area contributed by atoms with Gasteiger partial charge in [0.2, 0.25) is 0 Å². The number of hydrogen-bond acceptors (Lipinski definition) is 6. The van der Waals surface area contributed by atoms with E-state index in [2.05, 4.69) is 139 Å². The summed E-state index contributed by atoms with van der Waals surface area (Å²) in [5, 5.41) is 29.6. The topological polar surface area (TPSA) is 135 Å². The van der Waals surface area contributed by atoms with E-state index in [-0.39, 0.29) is 11.6 Å². The molecule has 0 saturated heterocycles. The molecule has 1 unspecified atom stereocenters. The van der Waals surface area contributed by atoms with Gasteiger partial charge in [0, 0.05) is 23.8 Å². The summed E-state index contributed by atoms with van der Waals surface area (Å²) < 4.78 is 0. The maximum Gasteiger partial charge on any atom is 0.101 e. The number of nitrogens with two attached hydrogens (primary N) is 2. The van der Waals surface area contributed by atoms with Crippen LogP contribution in [0.5, 0.6) is 0 Å². The Morgan fingerprint density at radius 1 is 0.887 bits per heavy atom. The Balaban J connectivity index is 1.43. The molecule has 0 bridgehead atoms. The van der Waals surface area contributed by atoms with Gasteiger partial charge in [-0.3, -0.25) is 0 Å². The van der Waals surface area contributed by atoms with Crippen LogP contribution in [0.2, 0.25) is 0 Å². The van der Waals surface area contributed by atoms with Crippen LogP contribution in [0, 0.1) is 28.1 Å². The van der Waals surface area contributed by atoms with E-state index in [9.17, 15) is 5.26 Å². The molecule has 53 heavy (non-hydrogen) atoms. The lowest BCUT2D eigenvalue weighted by Gasteiger charge is -2.34. The van der Waals surface area contributed by atoms with Crippen LogP contribution in [-0.4, -0.2) is 12.3 Å². The van der Waals surface area contributed by atoms with Crippen molar-refractivity contribution in [3.8, 4) is 23.3 Å². The number of nitriles is 2. The minimum atomic E-state index is -0.585. The van der Waals surface area contributed by atoms with Crippen LogP contribution in [0.15, 0.2) is 186 Å². The Morgan fingerprint density at radius 3 is 2.15 bits per heavy atom. The second-order valence-electron chi connectivity index (χ2n) is 13.0. The first-order valence-corrected chi connectivity index (χ1v) is 17.3. The van der Waals surface area contributed by atoms with Crippen molar-refractivity contribution in [2.75, 3.05) is 0 Å². The number of benzene rings is 4. The van der Waals surface area contributed by atoms with Crippen LogP contribution in [0.25, 0.3) is 16.8 Å². The third-order valence-corrected chi connectivity index (χ3v) is 9.74. The van der Waals surface area contributed by atoms with Gasteiger partial charge in [-0.2, -0.15) is 10.5 Å². The monoisotopic (exact) mass is 688 g/mol. The summed E-state index contributed by atoms with van der Waals surface area (Å²) >= 11 is 0. The molecule has 4 aromatic carbocycles. The van der Waals surface area contributed by atoms with Crippen molar-refractivity contribution in [1.82, 2.24) is 5.32 Å². The molecule has 0 radical (unpaired) electrons. The Bertz CT molecular complexity index is 2330. The SMILES string of the molecule is C=C(/C=C(/C#N)C=N)/C(N)=C/C=C\Cc1ccc2c(c1)C(c1ccccc1)(c1ccccc1)c1cc(C3=CC=CC(/C(C)=C/C(C#N)=C\N)N3)ccc1-2. The van der Waals surface area contributed by atoms with Crippen LogP contribution < -0.4 is 16.8 Å². The molecular formula is C47H40N6. The molecule has 4 aromatic rings. The highest BCUT2D eigenvalue weighted by molar-refractivity contribution is 5.88. The van der Waals surface area contributed by atoms with Gasteiger partial charge in [0.05, 0.1) is 22.6 Å². The highest BCUT2D eigenvalue weighted by Gasteiger charge is 2.46. The standard InChI is InChI=1S/C47H40N6/c1-32(24-35(28-48)29-49)44(52)17-10-9-12-34-20-22-40-41-23-21-37(46-19-11-18-45(53-46)33(2)25-36(30-50)31-51)27-43(41)47(42(40)26-34,38-13-5-3-6-14-38)39-15-7-4-8-16-39/h3-11,13-28,30,45,48,53H,1,12,50,52H2,2H3/b10-9-,33-25+,35-24+,36-30+,44-17-,48-28?. The van der Waals surface area contributed by atoms with E-state index >= 15 is 0 Å². The number of hydrogen-bond donors (Lipinski definition) is 4. The number of allylic oxidation sites excluding steroid dienone is 9. The van der Waals surface area contributed by atoms with Crippen molar-refractivity contribution < 1.29 is 0 Å². The molecule has 1 atom stereocenters. The summed E-state index contributed by atoms with van der Waals surface area (Å²) in [7, 11) is 0. The number of dihydropyridines is 1. The van der Waals surface area contributed by atoms with Gasteiger partial charge in [-0.25, -0.2) is 0 Å². The molecule has 1 aliphatic heterocycles. The third kappa shape index (κ3) is 7.08. The van der Waals surface area contributed by atoms with E-state index in [4.69, 9.17) is 22.1 Å². The van der Waals surface area contributed by atoms with Gasteiger partial charge in [-0.1, -0.05) is 122 Å². The number of nitrogens with zero attached hydrogens (tertiary/aromatic N) is 2. The molecule has 6 N–H and O–H groups in total. The van der Waals surface area contributed by atoms with Crippen LogP contribution in [-0.2, 0) is 11.8 Å². The van der Waals surface area contributed by atoms with Crippen molar-refractivity contribution in [3.05, 3.63) is 220 Å². The second kappa shape index (κ2) is 15.8. The summed E-state index contributed by atoms with van der Waals surface area (Å²) in [6.07, 6.45) is 18.3. The molecule has 258 valence electrons. The van der Waals surface area contributed by atoms with E-state index in [1.165, 1.54) is 45.7 Å². The van der Waals surface area contributed by atoms with Crippen molar-refractivity contribution in [2.24, 2.45) is 11.5 Å². The average Bonchev–Trinajstić information content (AvgIpc) is 3.50. The molecule has 0 fully saturated rings. The largest absolute Gasteiger partial charge is 0.404 e. The smallest absolute Gasteiger partial charge is 0.101 e. The number of fused-ring (bicyclic) bond motifs is 3. The van der Waals surface area contributed by atoms with Gasteiger partial charge < -0.3 is 22.2 Å². The van der Waals surface area contributed by atoms with Gasteiger partial charge in [-0.15, -0.1) is 0 Å². The van der Waals surface area contributed by atoms with Gasteiger partial charge in [0.15, 0.2) is 0 Å². The summed E-state index contributed by atoms with van der Waals surface area (Å²) in [6, 6.07) is 38.9. The molecule has 0 amide bonds. The predicted octanol–water partition coefficient (Wildman–Crippen LogP) is 8.83. The highest BCUT2D eigenvalue weighted by Crippen LogP contribution is 2.56. The fourth-order valence-corrected chi connectivity index (χ4v) is 7.12. The first-order valence-electron chi connectivity index (χ1n) is 17.3. The van der Waals surface area contributed by atoms with Gasteiger partial charge in [0.1, 0.15) is 12.1 Å². The van der Waals surface area contributed by atoms with E-state index < -0.39 is 5.41 Å². The van der Waals surface area contributed by atoms with E-state index in [0.29, 0.717) is 23.3 Å². The molecule has 1 aliphatic carbocycles. The number of nitrogens with one attached hydrogen (secondary N) is 2. The Labute approximate surface area is 311 Å². The predicted molar refractivity (Wildman–Crippen MR) is 216 cm³/mol. The summed E-state index contributed by atoms with van der Waals surface area (Å²) in [5.74, 6) is 0. The van der Waals surface area contributed by atoms with Crippen molar-refractivity contribution in [2.45, 2.75) is 24.8 Å². The molecular weight excluding hydrogens is 649 g/mol. The van der Waals surface area contributed by atoms with E-state index in [1.54, 1.807) is 6.08 Å². The van der Waals surface area contributed by atoms with Crippen LogP contribution in [0.4, 0.5) is 0 Å². The fourth-order valence-electron chi connectivity index (χ4n) is 7.12. The first kappa shape index (κ1) is 35.7. The van der Waals surface area contributed by atoms with Crippen molar-refractivity contribution in [1.29, 1.82) is 15.9 Å². The molecule has 6 heteroatoms. The molecule has 0 spiro atoms. The molecule has 6 rings (SSSR count). The molecule has 6 nitrogen and oxygen atoms in total. The summed E-state index contributed by atoms with van der Waals surface area (Å²) in [5.41, 5.74) is 24.2. The van der Waals surface area contributed by atoms with E-state index in [1.807, 2.05) is 25.1 Å². The van der Waals surface area contributed by atoms with Gasteiger partial charge in [0.25, 0.3) is 0 Å². The minimum absolute atomic E-state index is 0.0936. The molecule has 0 aromatic heterocycles. The minimum Gasteiger partial charge on any atom is -0.404 e. The first-order chi connectivity index (χ1) is 25.8. The Kier molecular flexibility index (Phi) is 10.6. The Hall–Kier alpha value is -7.15. The van der Waals surface area contributed by atoms with Gasteiger partial charge in [-0.05, 0) is 99.4 Å². The highest BCUT2D eigenvalue weighted by atomic mass is 14.9. The maximum atomic E-state index is 9.43. The average molecular weight is 689 g/mol. The zero-order chi connectivity index (χ0) is 37.4.